The monoisotopic (exact) mass is 207 g/mol. The average Bonchev–Trinajstić information content (AvgIpc) is 2.27. The van der Waals surface area contributed by atoms with Gasteiger partial charge in [0.15, 0.2) is 0 Å². The topological polar surface area (TPSA) is 23.8 Å². The second-order valence-electron chi connectivity index (χ2n) is 5.58. The van der Waals surface area contributed by atoms with Gasteiger partial charge in [-0.15, -0.1) is 0 Å². The quantitative estimate of drug-likeness (QED) is 0.664. The molecule has 86 valence electrons. The Balaban J connectivity index is 2.48. The lowest BCUT2D eigenvalue weighted by Crippen LogP contribution is -2.28. The summed E-state index contributed by atoms with van der Waals surface area (Å²) in [6.45, 7) is 6.84. The zero-order valence-corrected chi connectivity index (χ0v) is 10.6. The van der Waals surface area contributed by atoms with E-state index >= 15 is 0 Å². The summed E-state index contributed by atoms with van der Waals surface area (Å²) in [7, 11) is 0. The Morgan fingerprint density at radius 2 is 1.93 bits per heavy atom. The first-order valence-electron chi connectivity index (χ1n) is 6.55. The molecule has 0 N–H and O–H groups in total. The minimum absolute atomic E-state index is 0.0431. The molecule has 1 saturated carbocycles. The van der Waals surface area contributed by atoms with Crippen LogP contribution < -0.4 is 0 Å². The smallest absolute Gasteiger partial charge is 0.0689 e. The van der Waals surface area contributed by atoms with Gasteiger partial charge in [-0.25, -0.2) is 0 Å². The molecule has 0 aromatic carbocycles. The normalized spacial score (nSPS) is 31.5. The van der Waals surface area contributed by atoms with E-state index in [1.54, 1.807) is 0 Å². The molecule has 0 aliphatic heterocycles. The minimum atomic E-state index is 0.0431. The molecule has 1 fully saturated rings. The molecule has 1 aliphatic rings. The van der Waals surface area contributed by atoms with Crippen molar-refractivity contribution in [1.29, 1.82) is 5.26 Å². The summed E-state index contributed by atoms with van der Waals surface area (Å²) in [6.07, 6.45) is 8.41. The van der Waals surface area contributed by atoms with Crippen LogP contribution in [0.25, 0.3) is 0 Å². The van der Waals surface area contributed by atoms with Crippen LogP contribution >= 0.6 is 0 Å². The van der Waals surface area contributed by atoms with Crippen LogP contribution in [-0.4, -0.2) is 0 Å². The molecule has 0 saturated heterocycles. The Kier molecular flexibility index (Phi) is 4.64. The van der Waals surface area contributed by atoms with Crippen molar-refractivity contribution < 1.29 is 0 Å². The average molecular weight is 207 g/mol. The fourth-order valence-electron chi connectivity index (χ4n) is 2.79. The van der Waals surface area contributed by atoms with Gasteiger partial charge in [-0.05, 0) is 43.9 Å². The molecule has 0 atom stereocenters. The van der Waals surface area contributed by atoms with Crippen molar-refractivity contribution in [2.75, 3.05) is 0 Å². The van der Waals surface area contributed by atoms with Crippen LogP contribution in [0.1, 0.15) is 65.7 Å². The van der Waals surface area contributed by atoms with E-state index in [4.69, 9.17) is 0 Å². The number of hydrogen-bond donors (Lipinski definition) is 0. The molecule has 0 radical (unpaired) electrons. The summed E-state index contributed by atoms with van der Waals surface area (Å²) in [5.41, 5.74) is 0.0431. The number of hydrogen-bond acceptors (Lipinski definition) is 1. The van der Waals surface area contributed by atoms with Gasteiger partial charge >= 0.3 is 0 Å². The zero-order chi connectivity index (χ0) is 11.3. The molecule has 0 spiro atoms. The van der Waals surface area contributed by atoms with Crippen LogP contribution in [-0.2, 0) is 0 Å². The van der Waals surface area contributed by atoms with Crippen molar-refractivity contribution in [3.05, 3.63) is 0 Å². The third-order valence-electron chi connectivity index (χ3n) is 4.18. The first-order valence-corrected chi connectivity index (χ1v) is 6.55. The molecule has 1 aliphatic carbocycles. The van der Waals surface area contributed by atoms with Gasteiger partial charge in [-0.3, -0.25) is 0 Å². The molecule has 0 aromatic rings. The highest BCUT2D eigenvalue weighted by atomic mass is 14.4. The summed E-state index contributed by atoms with van der Waals surface area (Å²) in [4.78, 5) is 0. The molecule has 1 heteroatoms. The van der Waals surface area contributed by atoms with Crippen LogP contribution in [0.15, 0.2) is 0 Å². The van der Waals surface area contributed by atoms with Gasteiger partial charge in [-0.1, -0.05) is 33.6 Å². The van der Waals surface area contributed by atoms with E-state index in [0.29, 0.717) is 0 Å². The summed E-state index contributed by atoms with van der Waals surface area (Å²) in [5, 5.41) is 9.34. The van der Waals surface area contributed by atoms with Crippen molar-refractivity contribution in [3.8, 4) is 6.07 Å². The van der Waals surface area contributed by atoms with Gasteiger partial charge < -0.3 is 0 Å². The fourth-order valence-corrected chi connectivity index (χ4v) is 2.79. The second kappa shape index (κ2) is 5.54. The van der Waals surface area contributed by atoms with Gasteiger partial charge in [-0.2, -0.15) is 5.26 Å². The van der Waals surface area contributed by atoms with Crippen LogP contribution in [0.3, 0.4) is 0 Å². The molecule has 0 aromatic heterocycles. The van der Waals surface area contributed by atoms with E-state index in [-0.39, 0.29) is 5.41 Å². The van der Waals surface area contributed by atoms with E-state index in [1.165, 1.54) is 25.7 Å². The van der Waals surface area contributed by atoms with Gasteiger partial charge in [0.05, 0.1) is 11.5 Å². The van der Waals surface area contributed by atoms with E-state index < -0.39 is 0 Å². The Morgan fingerprint density at radius 1 is 1.33 bits per heavy atom. The molecule has 15 heavy (non-hydrogen) atoms. The van der Waals surface area contributed by atoms with Crippen LogP contribution in [0.4, 0.5) is 0 Å². The SMILES string of the molecule is CCCCC1(C#N)CCC(C(C)C)CC1. The zero-order valence-electron chi connectivity index (χ0n) is 10.6. The van der Waals surface area contributed by atoms with E-state index in [0.717, 1.165) is 31.1 Å². The largest absolute Gasteiger partial charge is 0.198 e. The maximum absolute atomic E-state index is 9.34. The fraction of sp³-hybridized carbons (Fsp3) is 0.929. The second-order valence-corrected chi connectivity index (χ2v) is 5.58. The van der Waals surface area contributed by atoms with Crippen molar-refractivity contribution >= 4 is 0 Å². The number of rotatable bonds is 4. The lowest BCUT2D eigenvalue weighted by atomic mass is 9.67. The Morgan fingerprint density at radius 3 is 2.33 bits per heavy atom. The van der Waals surface area contributed by atoms with E-state index in [1.807, 2.05) is 0 Å². The number of nitriles is 1. The predicted octanol–water partition coefficient (Wildman–Crippen LogP) is 4.53. The lowest BCUT2D eigenvalue weighted by Gasteiger charge is -2.36. The van der Waals surface area contributed by atoms with Crippen molar-refractivity contribution in [2.45, 2.75) is 65.7 Å². The van der Waals surface area contributed by atoms with Crippen molar-refractivity contribution in [2.24, 2.45) is 17.3 Å². The Hall–Kier alpha value is -0.510. The third-order valence-corrected chi connectivity index (χ3v) is 4.18. The first kappa shape index (κ1) is 12.6. The molecule has 1 rings (SSSR count). The summed E-state index contributed by atoms with van der Waals surface area (Å²) in [6, 6.07) is 2.61. The molecule has 0 heterocycles. The van der Waals surface area contributed by atoms with Gasteiger partial charge in [0.1, 0.15) is 0 Å². The number of unbranched alkanes of at least 4 members (excludes halogenated alkanes) is 1. The summed E-state index contributed by atoms with van der Waals surface area (Å²) < 4.78 is 0. The molecule has 0 bridgehead atoms. The van der Waals surface area contributed by atoms with Crippen molar-refractivity contribution in [3.63, 3.8) is 0 Å². The minimum Gasteiger partial charge on any atom is -0.198 e. The van der Waals surface area contributed by atoms with Crippen molar-refractivity contribution in [1.82, 2.24) is 0 Å². The third kappa shape index (κ3) is 3.23. The van der Waals surface area contributed by atoms with Crippen LogP contribution in [0.2, 0.25) is 0 Å². The maximum Gasteiger partial charge on any atom is 0.0689 e. The van der Waals surface area contributed by atoms with Gasteiger partial charge in [0.25, 0.3) is 0 Å². The molecular formula is C14H25N. The Labute approximate surface area is 94.9 Å². The molecule has 1 nitrogen and oxygen atoms in total. The highest BCUT2D eigenvalue weighted by Crippen LogP contribution is 2.44. The summed E-state index contributed by atoms with van der Waals surface area (Å²) in [5.74, 6) is 1.67. The maximum atomic E-state index is 9.34. The Bertz CT molecular complexity index is 216. The van der Waals surface area contributed by atoms with Crippen LogP contribution in [0.5, 0.6) is 0 Å². The molecule has 0 amide bonds. The van der Waals surface area contributed by atoms with E-state index in [9.17, 15) is 5.26 Å². The van der Waals surface area contributed by atoms with Gasteiger partial charge in [0, 0.05) is 0 Å². The molecular weight excluding hydrogens is 182 g/mol. The van der Waals surface area contributed by atoms with Crippen LogP contribution in [0, 0.1) is 28.6 Å². The first-order chi connectivity index (χ1) is 7.13. The number of nitrogens with zero attached hydrogens (tertiary/aromatic N) is 1. The standard InChI is InChI=1S/C14H25N/c1-4-5-8-14(11-15)9-6-13(7-10-14)12(2)3/h12-13H,4-10H2,1-3H3. The summed E-state index contributed by atoms with van der Waals surface area (Å²) >= 11 is 0. The molecule has 0 unspecified atom stereocenters. The lowest BCUT2D eigenvalue weighted by molar-refractivity contribution is 0.163. The van der Waals surface area contributed by atoms with Gasteiger partial charge in [0.2, 0.25) is 0 Å². The highest BCUT2D eigenvalue weighted by molar-refractivity contribution is 5.01. The highest BCUT2D eigenvalue weighted by Gasteiger charge is 2.35. The van der Waals surface area contributed by atoms with E-state index in [2.05, 4.69) is 26.8 Å². The predicted molar refractivity (Wildman–Crippen MR) is 64.4 cm³/mol.